The fourth-order valence-electron chi connectivity index (χ4n) is 1.20. The van der Waals surface area contributed by atoms with Gasteiger partial charge in [-0.25, -0.2) is 0 Å². The zero-order valence-corrected chi connectivity index (χ0v) is 10.1. The Morgan fingerprint density at radius 3 is 2.23 bits per heavy atom. The van der Waals surface area contributed by atoms with Gasteiger partial charge >= 0.3 is 0 Å². The Morgan fingerprint density at radius 1 is 1.08 bits per heavy atom. The van der Waals surface area contributed by atoms with Gasteiger partial charge in [0.1, 0.15) is 0 Å². The molecule has 0 saturated carbocycles. The van der Waals surface area contributed by atoms with Gasteiger partial charge in [0.15, 0.2) is 0 Å². The second-order valence-corrected chi connectivity index (χ2v) is 4.63. The minimum Gasteiger partial charge on any atom is -0.311 e. The van der Waals surface area contributed by atoms with E-state index in [-0.39, 0.29) is 5.54 Å². The maximum Gasteiger partial charge on any atom is 0.0400 e. The second-order valence-electron chi connectivity index (χ2n) is 4.36. The van der Waals surface area contributed by atoms with Crippen LogP contribution in [0.15, 0.2) is 0 Å². The van der Waals surface area contributed by atoms with Gasteiger partial charge in [0.05, 0.1) is 0 Å². The number of nitrogens with one attached hydrogen (secondary N) is 1. The van der Waals surface area contributed by atoms with Crippen LogP contribution in [0.1, 0.15) is 52.9 Å². The monoisotopic (exact) mass is 205 g/mol. The molecule has 0 bridgehead atoms. The normalized spacial score (nSPS) is 12.0. The molecule has 0 spiro atoms. The molecule has 0 heterocycles. The van der Waals surface area contributed by atoms with Gasteiger partial charge in [0, 0.05) is 11.4 Å². The van der Waals surface area contributed by atoms with Crippen molar-refractivity contribution in [1.82, 2.24) is 5.32 Å². The minimum atomic E-state index is 0.103. The zero-order valence-electron chi connectivity index (χ0n) is 9.33. The van der Waals surface area contributed by atoms with E-state index in [2.05, 4.69) is 26.1 Å². The lowest BCUT2D eigenvalue weighted by atomic mass is 10.1. The van der Waals surface area contributed by atoms with Crippen LogP contribution in [-0.2, 0) is 0 Å². The van der Waals surface area contributed by atoms with Gasteiger partial charge in [0.2, 0.25) is 0 Å². The highest BCUT2D eigenvalue weighted by atomic mass is 35.5. The first-order valence-electron chi connectivity index (χ1n) is 5.43. The Morgan fingerprint density at radius 2 is 1.69 bits per heavy atom. The third kappa shape index (κ3) is 8.58. The molecular weight excluding hydrogens is 182 g/mol. The number of hydrogen-bond acceptors (Lipinski definition) is 1. The van der Waals surface area contributed by atoms with Crippen molar-refractivity contribution in [3.8, 4) is 0 Å². The topological polar surface area (TPSA) is 12.0 Å². The molecule has 0 radical (unpaired) electrons. The van der Waals surface area contributed by atoms with E-state index in [9.17, 15) is 0 Å². The molecule has 0 atom stereocenters. The predicted molar refractivity (Wildman–Crippen MR) is 61.6 cm³/mol. The lowest BCUT2D eigenvalue weighted by molar-refractivity contribution is 0.420. The van der Waals surface area contributed by atoms with Crippen molar-refractivity contribution in [2.24, 2.45) is 0 Å². The van der Waals surface area contributed by atoms with Crippen LogP contribution in [0.5, 0.6) is 0 Å². The maximum absolute atomic E-state index is 5.79. The molecule has 0 aliphatic heterocycles. The van der Waals surface area contributed by atoms with E-state index in [4.69, 9.17) is 11.6 Å². The molecular formula is C11H24ClN. The molecule has 80 valence electrons. The lowest BCUT2D eigenvalue weighted by Gasteiger charge is -2.23. The Kier molecular flexibility index (Phi) is 7.78. The van der Waals surface area contributed by atoms with Crippen LogP contribution in [0.3, 0.4) is 0 Å². The van der Waals surface area contributed by atoms with E-state index >= 15 is 0 Å². The molecule has 0 rings (SSSR count). The highest BCUT2D eigenvalue weighted by Gasteiger charge is 2.13. The lowest BCUT2D eigenvalue weighted by Crippen LogP contribution is -2.41. The minimum absolute atomic E-state index is 0.103. The molecule has 0 aromatic heterocycles. The van der Waals surface area contributed by atoms with E-state index in [1.54, 1.807) is 0 Å². The van der Waals surface area contributed by atoms with Gasteiger partial charge in [0.25, 0.3) is 0 Å². The van der Waals surface area contributed by atoms with Gasteiger partial charge in [-0.05, 0) is 26.8 Å². The number of unbranched alkanes of at least 4 members (excludes halogenated alkanes) is 4. The quantitative estimate of drug-likeness (QED) is 0.472. The molecule has 0 saturated heterocycles. The van der Waals surface area contributed by atoms with Crippen molar-refractivity contribution in [3.05, 3.63) is 0 Å². The first-order chi connectivity index (χ1) is 6.12. The van der Waals surface area contributed by atoms with Gasteiger partial charge in [-0.1, -0.05) is 32.6 Å². The summed E-state index contributed by atoms with van der Waals surface area (Å²) in [5.41, 5.74) is 0.103. The summed E-state index contributed by atoms with van der Waals surface area (Å²) >= 11 is 5.79. The summed E-state index contributed by atoms with van der Waals surface area (Å²) in [6, 6.07) is 0. The molecule has 1 nitrogen and oxygen atoms in total. The molecule has 0 aliphatic rings. The zero-order chi connectivity index (χ0) is 10.2. The Bertz CT molecular complexity index is 113. The molecule has 0 amide bonds. The van der Waals surface area contributed by atoms with Crippen LogP contribution in [0.25, 0.3) is 0 Å². The third-order valence-electron chi connectivity index (χ3n) is 2.22. The average Bonchev–Trinajstić information content (AvgIpc) is 2.11. The summed E-state index contributed by atoms with van der Waals surface area (Å²) in [5, 5.41) is 3.45. The average molecular weight is 206 g/mol. The fraction of sp³-hybridized carbons (Fsp3) is 1.00. The summed E-state index contributed by atoms with van der Waals surface area (Å²) < 4.78 is 0. The van der Waals surface area contributed by atoms with Crippen molar-refractivity contribution in [3.63, 3.8) is 0 Å². The van der Waals surface area contributed by atoms with Crippen LogP contribution in [-0.4, -0.2) is 18.0 Å². The summed E-state index contributed by atoms with van der Waals surface area (Å²) in [6.45, 7) is 7.64. The second kappa shape index (κ2) is 7.64. The fourth-order valence-corrected chi connectivity index (χ4v) is 1.30. The molecule has 2 heteroatoms. The van der Waals surface area contributed by atoms with E-state index < -0.39 is 0 Å². The predicted octanol–water partition coefficient (Wildman–Crippen LogP) is 3.56. The molecule has 1 N–H and O–H groups in total. The van der Waals surface area contributed by atoms with Crippen molar-refractivity contribution >= 4 is 11.6 Å². The largest absolute Gasteiger partial charge is 0.311 e. The van der Waals surface area contributed by atoms with Gasteiger partial charge in [-0.15, -0.1) is 11.6 Å². The standard InChI is InChI=1S/C11H24ClN/c1-4-5-6-7-8-9-13-11(2,3)10-12/h13H,4-10H2,1-3H3. The Labute approximate surface area is 88.2 Å². The number of hydrogen-bond donors (Lipinski definition) is 1. The van der Waals surface area contributed by atoms with Crippen LogP contribution in [0.2, 0.25) is 0 Å². The summed E-state index contributed by atoms with van der Waals surface area (Å²) in [5.74, 6) is 0.683. The Hall–Kier alpha value is 0.250. The van der Waals surface area contributed by atoms with Crippen LogP contribution < -0.4 is 5.32 Å². The number of halogens is 1. The smallest absolute Gasteiger partial charge is 0.0400 e. The van der Waals surface area contributed by atoms with Gasteiger partial charge in [-0.3, -0.25) is 0 Å². The number of rotatable bonds is 8. The first-order valence-corrected chi connectivity index (χ1v) is 5.97. The highest BCUT2D eigenvalue weighted by Crippen LogP contribution is 2.06. The van der Waals surface area contributed by atoms with Crippen molar-refractivity contribution in [1.29, 1.82) is 0 Å². The molecule has 13 heavy (non-hydrogen) atoms. The molecule has 0 fully saturated rings. The van der Waals surface area contributed by atoms with Crippen molar-refractivity contribution in [2.45, 2.75) is 58.4 Å². The van der Waals surface area contributed by atoms with E-state index in [0.717, 1.165) is 6.54 Å². The molecule has 0 unspecified atom stereocenters. The maximum atomic E-state index is 5.79. The third-order valence-corrected chi connectivity index (χ3v) is 2.89. The van der Waals surface area contributed by atoms with Gasteiger partial charge < -0.3 is 5.32 Å². The van der Waals surface area contributed by atoms with E-state index in [1.165, 1.54) is 32.1 Å². The van der Waals surface area contributed by atoms with Crippen molar-refractivity contribution < 1.29 is 0 Å². The SMILES string of the molecule is CCCCCCCNC(C)(C)CCl. The Balaban J connectivity index is 3.16. The van der Waals surface area contributed by atoms with Gasteiger partial charge in [-0.2, -0.15) is 0 Å². The summed E-state index contributed by atoms with van der Waals surface area (Å²) in [6.07, 6.45) is 6.69. The van der Waals surface area contributed by atoms with E-state index in [1.807, 2.05) is 0 Å². The van der Waals surface area contributed by atoms with Crippen molar-refractivity contribution in [2.75, 3.05) is 12.4 Å². The molecule has 0 aliphatic carbocycles. The summed E-state index contributed by atoms with van der Waals surface area (Å²) in [7, 11) is 0. The van der Waals surface area contributed by atoms with Crippen LogP contribution in [0.4, 0.5) is 0 Å². The first kappa shape index (κ1) is 13.2. The summed E-state index contributed by atoms with van der Waals surface area (Å²) in [4.78, 5) is 0. The molecule has 0 aromatic rings. The molecule has 0 aromatic carbocycles. The van der Waals surface area contributed by atoms with E-state index in [0.29, 0.717) is 5.88 Å². The van der Waals surface area contributed by atoms with Crippen LogP contribution >= 0.6 is 11.6 Å². The highest BCUT2D eigenvalue weighted by molar-refractivity contribution is 6.18. The van der Waals surface area contributed by atoms with Crippen LogP contribution in [0, 0.1) is 0 Å². The number of alkyl halides is 1.